The summed E-state index contributed by atoms with van der Waals surface area (Å²) in [4.78, 5) is 0. The number of halogens is 1. The number of rotatable bonds is 3. The fourth-order valence-corrected chi connectivity index (χ4v) is 2.22. The van der Waals surface area contributed by atoms with E-state index in [2.05, 4.69) is 0 Å². The summed E-state index contributed by atoms with van der Waals surface area (Å²) in [6, 6.07) is 6.06. The van der Waals surface area contributed by atoms with Crippen molar-refractivity contribution < 1.29 is 9.50 Å². The number of nitrogens with two attached hydrogens (primary N) is 1. The second-order valence-electron chi connectivity index (χ2n) is 4.40. The average Bonchev–Trinajstić information content (AvgIpc) is 2.18. The number of benzene rings is 1. The molecule has 15 heavy (non-hydrogen) atoms. The zero-order valence-corrected chi connectivity index (χ0v) is 8.62. The molecule has 0 bridgehead atoms. The van der Waals surface area contributed by atoms with E-state index in [4.69, 9.17) is 5.73 Å². The molecule has 1 aliphatic rings. The fourth-order valence-electron chi connectivity index (χ4n) is 2.22. The van der Waals surface area contributed by atoms with Gasteiger partial charge in [-0.05, 0) is 30.5 Å². The third-order valence-corrected chi connectivity index (χ3v) is 3.55. The first-order valence-electron chi connectivity index (χ1n) is 5.30. The Balaban J connectivity index is 2.19. The van der Waals surface area contributed by atoms with E-state index in [0.717, 1.165) is 24.8 Å². The Labute approximate surface area is 88.9 Å². The van der Waals surface area contributed by atoms with E-state index in [9.17, 15) is 9.50 Å². The van der Waals surface area contributed by atoms with Crippen LogP contribution in [0.2, 0.25) is 0 Å². The lowest BCUT2D eigenvalue weighted by atomic mass is 9.63. The van der Waals surface area contributed by atoms with E-state index in [-0.39, 0.29) is 23.9 Å². The zero-order valence-electron chi connectivity index (χ0n) is 8.62. The lowest BCUT2D eigenvalue weighted by Crippen LogP contribution is -2.43. The van der Waals surface area contributed by atoms with Crippen LogP contribution in [0.3, 0.4) is 0 Å². The van der Waals surface area contributed by atoms with Crippen molar-refractivity contribution >= 4 is 0 Å². The SMILES string of the molecule is NC(c1ccc(F)cc1)C1(CO)CCC1. The fraction of sp³-hybridized carbons (Fsp3) is 0.500. The van der Waals surface area contributed by atoms with E-state index in [0.29, 0.717) is 0 Å². The maximum absolute atomic E-state index is 12.7. The highest BCUT2D eigenvalue weighted by molar-refractivity contribution is 5.23. The molecule has 1 aromatic rings. The molecule has 2 rings (SSSR count). The lowest BCUT2D eigenvalue weighted by Gasteiger charge is -2.45. The first kappa shape index (κ1) is 10.6. The van der Waals surface area contributed by atoms with E-state index < -0.39 is 0 Å². The Bertz CT molecular complexity index is 326. The molecule has 82 valence electrons. The van der Waals surface area contributed by atoms with Crippen molar-refractivity contribution in [2.24, 2.45) is 11.1 Å². The second-order valence-corrected chi connectivity index (χ2v) is 4.40. The number of aliphatic hydroxyl groups excluding tert-OH is 1. The summed E-state index contributed by atoms with van der Waals surface area (Å²) in [6.45, 7) is 0.117. The van der Waals surface area contributed by atoms with Gasteiger partial charge < -0.3 is 10.8 Å². The summed E-state index contributed by atoms with van der Waals surface area (Å²) in [5.41, 5.74) is 6.85. The van der Waals surface area contributed by atoms with Gasteiger partial charge in [-0.25, -0.2) is 4.39 Å². The minimum absolute atomic E-state index is 0.117. The van der Waals surface area contributed by atoms with Gasteiger partial charge in [0.2, 0.25) is 0 Å². The van der Waals surface area contributed by atoms with Gasteiger partial charge >= 0.3 is 0 Å². The van der Waals surface area contributed by atoms with Crippen LogP contribution in [0.15, 0.2) is 24.3 Å². The molecule has 0 aromatic heterocycles. The summed E-state index contributed by atoms with van der Waals surface area (Å²) in [6.07, 6.45) is 3.04. The molecule has 1 saturated carbocycles. The van der Waals surface area contributed by atoms with Gasteiger partial charge in [0, 0.05) is 11.5 Å². The highest BCUT2D eigenvalue weighted by Crippen LogP contribution is 2.48. The molecule has 1 atom stereocenters. The first-order chi connectivity index (χ1) is 7.18. The normalized spacial score (nSPS) is 20.7. The van der Waals surface area contributed by atoms with Gasteiger partial charge in [0.15, 0.2) is 0 Å². The number of hydrogen-bond acceptors (Lipinski definition) is 2. The van der Waals surface area contributed by atoms with Crippen molar-refractivity contribution in [1.82, 2.24) is 0 Å². The molecule has 0 amide bonds. The summed E-state index contributed by atoms with van der Waals surface area (Å²) in [5.74, 6) is -0.252. The molecule has 3 N–H and O–H groups in total. The molecule has 1 fully saturated rings. The largest absolute Gasteiger partial charge is 0.396 e. The Morgan fingerprint density at radius 2 is 1.93 bits per heavy atom. The van der Waals surface area contributed by atoms with Crippen LogP contribution in [-0.4, -0.2) is 11.7 Å². The maximum Gasteiger partial charge on any atom is 0.123 e. The van der Waals surface area contributed by atoms with E-state index in [1.165, 1.54) is 12.1 Å². The molecular weight excluding hydrogens is 193 g/mol. The molecular formula is C12H16FNO. The maximum atomic E-state index is 12.7. The molecule has 0 spiro atoms. The van der Waals surface area contributed by atoms with Crippen molar-refractivity contribution in [2.45, 2.75) is 25.3 Å². The predicted octanol–water partition coefficient (Wildman–Crippen LogP) is 1.99. The zero-order chi connectivity index (χ0) is 10.9. The Morgan fingerprint density at radius 1 is 1.33 bits per heavy atom. The molecule has 1 aliphatic carbocycles. The highest BCUT2D eigenvalue weighted by atomic mass is 19.1. The van der Waals surface area contributed by atoms with Gasteiger partial charge in [0.1, 0.15) is 5.82 Å². The molecule has 0 aliphatic heterocycles. The van der Waals surface area contributed by atoms with Crippen LogP contribution in [0.25, 0.3) is 0 Å². The van der Waals surface area contributed by atoms with Crippen LogP contribution in [0.5, 0.6) is 0 Å². The van der Waals surface area contributed by atoms with E-state index in [1.807, 2.05) is 0 Å². The van der Waals surface area contributed by atoms with Gasteiger partial charge in [0.05, 0.1) is 6.61 Å². The van der Waals surface area contributed by atoms with Gasteiger partial charge in [-0.1, -0.05) is 18.6 Å². The molecule has 1 aromatic carbocycles. The third-order valence-electron chi connectivity index (χ3n) is 3.55. The minimum Gasteiger partial charge on any atom is -0.396 e. The quantitative estimate of drug-likeness (QED) is 0.799. The second kappa shape index (κ2) is 3.91. The summed E-state index contributed by atoms with van der Waals surface area (Å²) >= 11 is 0. The summed E-state index contributed by atoms with van der Waals surface area (Å²) in [7, 11) is 0. The summed E-state index contributed by atoms with van der Waals surface area (Å²) in [5, 5.41) is 9.37. The Morgan fingerprint density at radius 3 is 2.33 bits per heavy atom. The van der Waals surface area contributed by atoms with Crippen molar-refractivity contribution in [2.75, 3.05) is 6.61 Å². The van der Waals surface area contributed by atoms with Crippen molar-refractivity contribution in [3.05, 3.63) is 35.6 Å². The van der Waals surface area contributed by atoms with Gasteiger partial charge in [-0.2, -0.15) is 0 Å². The van der Waals surface area contributed by atoms with Crippen LogP contribution < -0.4 is 5.73 Å². The smallest absolute Gasteiger partial charge is 0.123 e. The van der Waals surface area contributed by atoms with Crippen LogP contribution in [-0.2, 0) is 0 Å². The highest BCUT2D eigenvalue weighted by Gasteiger charge is 2.42. The molecule has 2 nitrogen and oxygen atoms in total. The molecule has 0 saturated heterocycles. The standard InChI is InChI=1S/C12H16FNO/c13-10-4-2-9(3-5-10)11(14)12(8-15)6-1-7-12/h2-5,11,15H,1,6-8,14H2. The van der Waals surface area contributed by atoms with Crippen LogP contribution in [0.1, 0.15) is 30.9 Å². The van der Waals surface area contributed by atoms with E-state index >= 15 is 0 Å². The van der Waals surface area contributed by atoms with Gasteiger partial charge in [0.25, 0.3) is 0 Å². The van der Waals surface area contributed by atoms with Crippen molar-refractivity contribution in [3.63, 3.8) is 0 Å². The Hall–Kier alpha value is -0.930. The Kier molecular flexibility index (Phi) is 2.76. The minimum atomic E-state index is -0.252. The van der Waals surface area contributed by atoms with Crippen molar-refractivity contribution in [1.29, 1.82) is 0 Å². The number of hydrogen-bond donors (Lipinski definition) is 2. The van der Waals surface area contributed by atoms with Crippen molar-refractivity contribution in [3.8, 4) is 0 Å². The molecule has 3 heteroatoms. The lowest BCUT2D eigenvalue weighted by molar-refractivity contribution is 0.0184. The summed E-state index contributed by atoms with van der Waals surface area (Å²) < 4.78 is 12.7. The molecule has 0 radical (unpaired) electrons. The monoisotopic (exact) mass is 209 g/mol. The topological polar surface area (TPSA) is 46.2 Å². The van der Waals surface area contributed by atoms with Crippen LogP contribution in [0, 0.1) is 11.2 Å². The molecule has 1 unspecified atom stereocenters. The van der Waals surface area contributed by atoms with Gasteiger partial charge in [-0.3, -0.25) is 0 Å². The third kappa shape index (κ3) is 1.77. The first-order valence-corrected chi connectivity index (χ1v) is 5.30. The van der Waals surface area contributed by atoms with Gasteiger partial charge in [-0.15, -0.1) is 0 Å². The van der Waals surface area contributed by atoms with Crippen LogP contribution in [0.4, 0.5) is 4.39 Å². The predicted molar refractivity (Wildman–Crippen MR) is 56.7 cm³/mol. The molecule has 0 heterocycles. The van der Waals surface area contributed by atoms with E-state index in [1.54, 1.807) is 12.1 Å². The average molecular weight is 209 g/mol. The van der Waals surface area contributed by atoms with Crippen LogP contribution >= 0.6 is 0 Å². The number of aliphatic hydroxyl groups is 1.